The van der Waals surface area contributed by atoms with Crippen LogP contribution in [0.3, 0.4) is 0 Å². The second-order valence-corrected chi connectivity index (χ2v) is 4.16. The van der Waals surface area contributed by atoms with Crippen molar-refractivity contribution in [2.24, 2.45) is 0 Å². The van der Waals surface area contributed by atoms with E-state index in [9.17, 15) is 5.11 Å². The molecule has 1 N–H and O–H groups in total. The topological polar surface area (TPSA) is 36.4 Å². The fraction of sp³-hybridized carbons (Fsp3) is 0.214. The van der Waals surface area contributed by atoms with Crippen molar-refractivity contribution in [1.29, 1.82) is 0 Å². The van der Waals surface area contributed by atoms with Crippen LogP contribution in [0.2, 0.25) is 0 Å². The molecule has 2 rings (SSSR count). The lowest BCUT2D eigenvalue weighted by Gasteiger charge is -2.14. The van der Waals surface area contributed by atoms with Gasteiger partial charge in [-0.05, 0) is 11.6 Å². The fourth-order valence-corrected chi connectivity index (χ4v) is 1.65. The molecule has 1 heterocycles. The second kappa shape index (κ2) is 4.97. The van der Waals surface area contributed by atoms with Gasteiger partial charge < -0.3 is 10.0 Å². The zero-order valence-electron chi connectivity index (χ0n) is 10.0. The second-order valence-electron chi connectivity index (χ2n) is 4.16. The van der Waals surface area contributed by atoms with E-state index in [0.717, 1.165) is 16.9 Å². The Morgan fingerprint density at radius 2 is 1.71 bits per heavy atom. The van der Waals surface area contributed by atoms with E-state index < -0.39 is 6.10 Å². The maximum atomic E-state index is 10.2. The van der Waals surface area contributed by atoms with Crippen LogP contribution in [0, 0.1) is 0 Å². The average Bonchev–Trinajstić information content (AvgIpc) is 2.39. The van der Waals surface area contributed by atoms with Crippen molar-refractivity contribution < 1.29 is 5.11 Å². The largest absolute Gasteiger partial charge is 0.384 e. The summed E-state index contributed by atoms with van der Waals surface area (Å²) in [5.74, 6) is 0.883. The standard InChI is InChI=1S/C14H16N2O/c1-16(2)13-9-8-12(10-15-13)14(17)11-6-4-3-5-7-11/h3-10,14,17H,1-2H3/t14-/m1/s1. The number of hydrogen-bond acceptors (Lipinski definition) is 3. The van der Waals surface area contributed by atoms with Gasteiger partial charge in [-0.1, -0.05) is 36.4 Å². The third-order valence-electron chi connectivity index (χ3n) is 2.66. The molecule has 1 atom stereocenters. The Bertz CT molecular complexity index is 465. The zero-order valence-corrected chi connectivity index (χ0v) is 10.0. The van der Waals surface area contributed by atoms with E-state index in [1.807, 2.05) is 61.5 Å². The molecule has 0 amide bonds. The molecular weight excluding hydrogens is 212 g/mol. The fourth-order valence-electron chi connectivity index (χ4n) is 1.65. The maximum absolute atomic E-state index is 10.2. The van der Waals surface area contributed by atoms with E-state index >= 15 is 0 Å². The van der Waals surface area contributed by atoms with Crippen LogP contribution in [-0.4, -0.2) is 24.2 Å². The number of aromatic nitrogens is 1. The molecule has 0 saturated heterocycles. The number of benzene rings is 1. The predicted octanol–water partition coefficient (Wildman–Crippen LogP) is 2.23. The van der Waals surface area contributed by atoms with Crippen LogP contribution in [-0.2, 0) is 0 Å². The lowest BCUT2D eigenvalue weighted by molar-refractivity contribution is 0.220. The Labute approximate surface area is 101 Å². The predicted molar refractivity (Wildman–Crippen MR) is 69.1 cm³/mol. The van der Waals surface area contributed by atoms with Crippen molar-refractivity contribution in [2.75, 3.05) is 19.0 Å². The molecule has 3 nitrogen and oxygen atoms in total. The van der Waals surface area contributed by atoms with E-state index in [-0.39, 0.29) is 0 Å². The van der Waals surface area contributed by atoms with Gasteiger partial charge in [0.2, 0.25) is 0 Å². The minimum Gasteiger partial charge on any atom is -0.384 e. The quantitative estimate of drug-likeness (QED) is 0.875. The normalized spacial score (nSPS) is 12.2. The molecule has 0 fully saturated rings. The first kappa shape index (κ1) is 11.6. The van der Waals surface area contributed by atoms with Crippen LogP contribution in [0.25, 0.3) is 0 Å². The van der Waals surface area contributed by atoms with Crippen molar-refractivity contribution >= 4 is 5.82 Å². The molecule has 2 aromatic rings. The molecule has 0 aliphatic heterocycles. The van der Waals surface area contributed by atoms with Gasteiger partial charge in [-0.15, -0.1) is 0 Å². The Balaban J connectivity index is 2.23. The molecule has 3 heteroatoms. The molecule has 0 spiro atoms. The molecule has 1 aromatic carbocycles. The molecule has 17 heavy (non-hydrogen) atoms. The summed E-state index contributed by atoms with van der Waals surface area (Å²) < 4.78 is 0. The van der Waals surface area contributed by atoms with Gasteiger partial charge in [0.15, 0.2) is 0 Å². The third-order valence-corrected chi connectivity index (χ3v) is 2.66. The number of nitrogens with zero attached hydrogens (tertiary/aromatic N) is 2. The smallest absolute Gasteiger partial charge is 0.127 e. The first-order chi connectivity index (χ1) is 8.18. The third kappa shape index (κ3) is 2.63. The van der Waals surface area contributed by atoms with Gasteiger partial charge >= 0.3 is 0 Å². The molecule has 88 valence electrons. The molecule has 0 aliphatic carbocycles. The van der Waals surface area contributed by atoms with E-state index in [0.29, 0.717) is 0 Å². The van der Waals surface area contributed by atoms with Crippen molar-refractivity contribution in [3.63, 3.8) is 0 Å². The van der Waals surface area contributed by atoms with Gasteiger partial charge in [0, 0.05) is 25.9 Å². The summed E-state index contributed by atoms with van der Waals surface area (Å²) in [4.78, 5) is 6.22. The number of aliphatic hydroxyl groups excluding tert-OH is 1. The Hall–Kier alpha value is -1.87. The molecule has 0 radical (unpaired) electrons. The summed E-state index contributed by atoms with van der Waals surface area (Å²) in [6.07, 6.45) is 1.10. The molecule has 1 aromatic heterocycles. The highest BCUT2D eigenvalue weighted by Crippen LogP contribution is 2.21. The Kier molecular flexibility index (Phi) is 3.40. The van der Waals surface area contributed by atoms with Crippen molar-refractivity contribution in [3.05, 3.63) is 59.8 Å². The van der Waals surface area contributed by atoms with Crippen molar-refractivity contribution in [1.82, 2.24) is 4.98 Å². The Morgan fingerprint density at radius 1 is 1.00 bits per heavy atom. The lowest BCUT2D eigenvalue weighted by atomic mass is 10.0. The van der Waals surface area contributed by atoms with E-state index in [1.54, 1.807) is 6.20 Å². The summed E-state index contributed by atoms with van der Waals surface area (Å²) in [6, 6.07) is 13.4. The molecule has 0 unspecified atom stereocenters. The van der Waals surface area contributed by atoms with Crippen LogP contribution in [0.5, 0.6) is 0 Å². The maximum Gasteiger partial charge on any atom is 0.127 e. The van der Waals surface area contributed by atoms with Crippen LogP contribution >= 0.6 is 0 Å². The first-order valence-corrected chi connectivity index (χ1v) is 5.55. The van der Waals surface area contributed by atoms with Crippen molar-refractivity contribution in [3.8, 4) is 0 Å². The van der Waals surface area contributed by atoms with Gasteiger partial charge in [0.25, 0.3) is 0 Å². The van der Waals surface area contributed by atoms with E-state index in [1.165, 1.54) is 0 Å². The van der Waals surface area contributed by atoms with E-state index in [2.05, 4.69) is 4.98 Å². The number of hydrogen-bond donors (Lipinski definition) is 1. The van der Waals surface area contributed by atoms with Crippen molar-refractivity contribution in [2.45, 2.75) is 6.10 Å². The summed E-state index contributed by atoms with van der Waals surface area (Å²) >= 11 is 0. The van der Waals surface area contributed by atoms with Crippen LogP contribution in [0.15, 0.2) is 48.7 Å². The van der Waals surface area contributed by atoms with Crippen LogP contribution in [0.1, 0.15) is 17.2 Å². The zero-order chi connectivity index (χ0) is 12.3. The van der Waals surface area contributed by atoms with Crippen LogP contribution in [0.4, 0.5) is 5.82 Å². The minimum absolute atomic E-state index is 0.611. The minimum atomic E-state index is -0.611. The molecule has 0 aliphatic rings. The van der Waals surface area contributed by atoms with Gasteiger partial charge in [-0.25, -0.2) is 4.98 Å². The van der Waals surface area contributed by atoms with E-state index in [4.69, 9.17) is 0 Å². The summed E-state index contributed by atoms with van der Waals surface area (Å²) in [5.41, 5.74) is 1.69. The molecule has 0 bridgehead atoms. The van der Waals surface area contributed by atoms with Crippen LogP contribution < -0.4 is 4.90 Å². The van der Waals surface area contributed by atoms with Gasteiger partial charge in [0.1, 0.15) is 11.9 Å². The highest BCUT2D eigenvalue weighted by Gasteiger charge is 2.10. The summed E-state index contributed by atoms with van der Waals surface area (Å²) in [7, 11) is 3.88. The SMILES string of the molecule is CN(C)c1ccc([C@H](O)c2ccccc2)cn1. The first-order valence-electron chi connectivity index (χ1n) is 5.55. The number of aliphatic hydroxyl groups is 1. The Morgan fingerprint density at radius 3 is 2.24 bits per heavy atom. The van der Waals surface area contributed by atoms with Gasteiger partial charge in [-0.2, -0.15) is 0 Å². The molecular formula is C14H16N2O. The average molecular weight is 228 g/mol. The highest BCUT2D eigenvalue weighted by atomic mass is 16.3. The number of pyridine rings is 1. The highest BCUT2D eigenvalue weighted by molar-refractivity contribution is 5.39. The monoisotopic (exact) mass is 228 g/mol. The summed E-state index contributed by atoms with van der Waals surface area (Å²) in [6.45, 7) is 0. The number of anilines is 1. The summed E-state index contributed by atoms with van der Waals surface area (Å²) in [5, 5.41) is 10.2. The van der Waals surface area contributed by atoms with Gasteiger partial charge in [0.05, 0.1) is 0 Å². The number of rotatable bonds is 3. The molecule has 0 saturated carbocycles. The van der Waals surface area contributed by atoms with Gasteiger partial charge in [-0.3, -0.25) is 0 Å². The lowest BCUT2D eigenvalue weighted by Crippen LogP contribution is -2.11.